The van der Waals surface area contributed by atoms with E-state index in [2.05, 4.69) is 47.4 Å². The van der Waals surface area contributed by atoms with Crippen molar-refractivity contribution >= 4 is 33.9 Å². The van der Waals surface area contributed by atoms with Crippen molar-refractivity contribution in [1.82, 2.24) is 9.47 Å². The van der Waals surface area contributed by atoms with Crippen LogP contribution in [0.2, 0.25) is 0 Å². The van der Waals surface area contributed by atoms with Crippen LogP contribution in [0.25, 0.3) is 10.9 Å². The lowest BCUT2D eigenvalue weighted by atomic mass is 10.2. The van der Waals surface area contributed by atoms with E-state index in [1.807, 2.05) is 36.2 Å². The van der Waals surface area contributed by atoms with Crippen molar-refractivity contribution in [1.29, 1.82) is 0 Å². The number of ether oxygens (including phenoxy) is 1. The van der Waals surface area contributed by atoms with Crippen molar-refractivity contribution in [2.45, 2.75) is 6.54 Å². The number of fused-ring (bicyclic) bond motifs is 1. The Morgan fingerprint density at radius 2 is 1.88 bits per heavy atom. The summed E-state index contributed by atoms with van der Waals surface area (Å²) in [7, 11) is 5.72. The third-order valence-corrected chi connectivity index (χ3v) is 4.50. The minimum Gasteiger partial charge on any atom is -0.495 e. The van der Waals surface area contributed by atoms with E-state index < -0.39 is 0 Å². The zero-order chi connectivity index (χ0) is 17.1. The van der Waals surface area contributed by atoms with Gasteiger partial charge in [0.1, 0.15) is 5.75 Å². The fourth-order valence-corrected chi connectivity index (χ4v) is 3.01. The maximum Gasteiger partial charge on any atom is 0.173 e. The maximum atomic E-state index is 5.55. The summed E-state index contributed by atoms with van der Waals surface area (Å²) in [6, 6.07) is 16.2. The third kappa shape index (κ3) is 3.21. The Balaban J connectivity index is 1.76. The predicted molar refractivity (Wildman–Crippen MR) is 104 cm³/mol. The highest BCUT2D eigenvalue weighted by Crippen LogP contribution is 2.24. The van der Waals surface area contributed by atoms with Gasteiger partial charge in [-0.15, -0.1) is 0 Å². The van der Waals surface area contributed by atoms with E-state index in [4.69, 9.17) is 17.0 Å². The van der Waals surface area contributed by atoms with Gasteiger partial charge in [-0.1, -0.05) is 30.3 Å². The molecule has 0 aliphatic rings. The van der Waals surface area contributed by atoms with Crippen LogP contribution in [0.15, 0.2) is 54.7 Å². The summed E-state index contributed by atoms with van der Waals surface area (Å²) in [6.45, 7) is 0.738. The standard InChI is InChI=1S/C19H21N3OS/c1-21-12-14(15-8-4-6-10-17(15)21)13-22(2)19(24)20-16-9-5-7-11-18(16)23-3/h4-12H,13H2,1-3H3,(H,20,24). The minimum absolute atomic E-state index is 0.660. The molecule has 0 bridgehead atoms. The highest BCUT2D eigenvalue weighted by atomic mass is 32.1. The van der Waals surface area contributed by atoms with Crippen molar-refractivity contribution < 1.29 is 4.74 Å². The lowest BCUT2D eigenvalue weighted by Gasteiger charge is -2.21. The number of thiocarbonyl (C=S) groups is 1. The first-order chi connectivity index (χ1) is 11.6. The molecular formula is C19H21N3OS. The van der Waals surface area contributed by atoms with Crippen LogP contribution in [0, 0.1) is 0 Å². The predicted octanol–water partition coefficient (Wildman–Crippen LogP) is 4.02. The van der Waals surface area contributed by atoms with Crippen LogP contribution < -0.4 is 10.1 Å². The van der Waals surface area contributed by atoms with E-state index in [0.29, 0.717) is 5.11 Å². The summed E-state index contributed by atoms with van der Waals surface area (Å²) in [4.78, 5) is 2.03. The number of aromatic nitrogens is 1. The molecule has 5 heteroatoms. The molecule has 0 unspecified atom stereocenters. The number of hydrogen-bond acceptors (Lipinski definition) is 2. The molecule has 0 aliphatic heterocycles. The second kappa shape index (κ2) is 6.93. The molecule has 1 N–H and O–H groups in total. The number of aryl methyl sites for hydroxylation is 1. The summed E-state index contributed by atoms with van der Waals surface area (Å²) in [6.07, 6.45) is 2.16. The number of nitrogens with one attached hydrogen (secondary N) is 1. The Morgan fingerprint density at radius 3 is 2.67 bits per heavy atom. The molecule has 0 saturated carbocycles. The number of rotatable bonds is 4. The highest BCUT2D eigenvalue weighted by Gasteiger charge is 2.12. The van der Waals surface area contributed by atoms with E-state index in [0.717, 1.165) is 18.0 Å². The molecule has 2 aromatic carbocycles. The van der Waals surface area contributed by atoms with Crippen molar-refractivity contribution in [3.05, 3.63) is 60.3 Å². The smallest absolute Gasteiger partial charge is 0.173 e. The molecule has 3 rings (SSSR count). The Morgan fingerprint density at radius 1 is 1.17 bits per heavy atom. The zero-order valence-electron chi connectivity index (χ0n) is 14.1. The number of methoxy groups -OCH3 is 1. The van der Waals surface area contributed by atoms with Gasteiger partial charge in [0.25, 0.3) is 0 Å². The van der Waals surface area contributed by atoms with Gasteiger partial charge in [0.05, 0.1) is 12.8 Å². The van der Waals surface area contributed by atoms with Crippen LogP contribution in [-0.4, -0.2) is 28.7 Å². The van der Waals surface area contributed by atoms with E-state index in [9.17, 15) is 0 Å². The van der Waals surface area contributed by atoms with Crippen LogP contribution in [-0.2, 0) is 13.6 Å². The molecule has 4 nitrogen and oxygen atoms in total. The van der Waals surface area contributed by atoms with E-state index in [1.165, 1.54) is 16.5 Å². The lowest BCUT2D eigenvalue weighted by Crippen LogP contribution is -2.30. The normalized spacial score (nSPS) is 10.6. The average Bonchev–Trinajstić information content (AvgIpc) is 2.91. The van der Waals surface area contributed by atoms with E-state index in [-0.39, 0.29) is 0 Å². The first-order valence-electron chi connectivity index (χ1n) is 7.78. The first-order valence-corrected chi connectivity index (χ1v) is 8.19. The summed E-state index contributed by atoms with van der Waals surface area (Å²) in [5, 5.41) is 5.18. The molecule has 3 aromatic rings. The summed E-state index contributed by atoms with van der Waals surface area (Å²) in [5.41, 5.74) is 3.35. The third-order valence-electron chi connectivity index (χ3n) is 4.08. The van der Waals surface area contributed by atoms with Gasteiger partial charge in [-0.25, -0.2) is 0 Å². The molecule has 0 saturated heterocycles. The second-order valence-corrected chi connectivity index (χ2v) is 6.16. The van der Waals surface area contributed by atoms with Crippen LogP contribution in [0.3, 0.4) is 0 Å². The highest BCUT2D eigenvalue weighted by molar-refractivity contribution is 7.80. The van der Waals surface area contributed by atoms with Gasteiger partial charge >= 0.3 is 0 Å². The number of para-hydroxylation sites is 3. The summed E-state index contributed by atoms with van der Waals surface area (Å²) in [5.74, 6) is 0.776. The number of benzene rings is 2. The molecule has 124 valence electrons. The number of hydrogen-bond donors (Lipinski definition) is 1. The Labute approximate surface area is 147 Å². The molecule has 0 radical (unpaired) electrons. The fourth-order valence-electron chi connectivity index (χ4n) is 2.84. The molecular weight excluding hydrogens is 318 g/mol. The molecule has 24 heavy (non-hydrogen) atoms. The molecule has 1 heterocycles. The molecule has 0 fully saturated rings. The van der Waals surface area contributed by atoms with Gasteiger partial charge in [-0.2, -0.15) is 0 Å². The Kier molecular flexibility index (Phi) is 4.71. The first kappa shape index (κ1) is 16.3. The van der Waals surface area contributed by atoms with Gasteiger partial charge in [-0.05, 0) is 36.0 Å². The van der Waals surface area contributed by atoms with E-state index in [1.54, 1.807) is 7.11 Å². The van der Waals surface area contributed by atoms with Gasteiger partial charge in [-0.3, -0.25) is 0 Å². The van der Waals surface area contributed by atoms with Crippen LogP contribution in [0.5, 0.6) is 5.75 Å². The number of nitrogens with zero attached hydrogens (tertiary/aromatic N) is 2. The van der Waals surface area contributed by atoms with Crippen molar-refractivity contribution in [3.63, 3.8) is 0 Å². The van der Waals surface area contributed by atoms with Crippen molar-refractivity contribution in [2.24, 2.45) is 7.05 Å². The quantitative estimate of drug-likeness (QED) is 0.727. The molecule has 0 atom stereocenters. The monoisotopic (exact) mass is 339 g/mol. The molecule has 0 aliphatic carbocycles. The van der Waals surface area contributed by atoms with Crippen LogP contribution in [0.4, 0.5) is 5.69 Å². The largest absolute Gasteiger partial charge is 0.495 e. The van der Waals surface area contributed by atoms with Crippen molar-refractivity contribution in [2.75, 3.05) is 19.5 Å². The number of anilines is 1. The topological polar surface area (TPSA) is 29.4 Å². The lowest BCUT2D eigenvalue weighted by molar-refractivity contribution is 0.416. The summed E-state index contributed by atoms with van der Waals surface area (Å²) >= 11 is 5.55. The van der Waals surface area contributed by atoms with Gasteiger partial charge < -0.3 is 19.5 Å². The zero-order valence-corrected chi connectivity index (χ0v) is 14.9. The average molecular weight is 339 g/mol. The fraction of sp³-hybridized carbons (Fsp3) is 0.211. The van der Waals surface area contributed by atoms with Crippen molar-refractivity contribution in [3.8, 4) is 5.75 Å². The minimum atomic E-state index is 0.660. The van der Waals surface area contributed by atoms with Gasteiger partial charge in [0, 0.05) is 37.7 Å². The second-order valence-electron chi connectivity index (χ2n) is 5.77. The van der Waals surface area contributed by atoms with Gasteiger partial charge in [0.15, 0.2) is 5.11 Å². The van der Waals surface area contributed by atoms with Gasteiger partial charge in [0.2, 0.25) is 0 Å². The van der Waals surface area contributed by atoms with Crippen LogP contribution in [0.1, 0.15) is 5.56 Å². The Hall–Kier alpha value is -2.53. The maximum absolute atomic E-state index is 5.55. The SMILES string of the molecule is COc1ccccc1NC(=S)N(C)Cc1cn(C)c2ccccc12. The van der Waals surface area contributed by atoms with Crippen LogP contribution >= 0.6 is 12.2 Å². The molecule has 0 spiro atoms. The summed E-state index contributed by atoms with van der Waals surface area (Å²) < 4.78 is 7.51. The Bertz CT molecular complexity index is 872. The van der Waals surface area contributed by atoms with E-state index >= 15 is 0 Å². The molecule has 1 aromatic heterocycles. The molecule has 0 amide bonds.